The number of imide groups is 1. The molecule has 1 fully saturated rings. The molecule has 2 rings (SSSR count). The first-order valence-corrected chi connectivity index (χ1v) is 6.09. The van der Waals surface area contributed by atoms with Gasteiger partial charge in [-0.1, -0.05) is 0 Å². The molecule has 7 heteroatoms. The van der Waals surface area contributed by atoms with Crippen molar-refractivity contribution in [3.63, 3.8) is 0 Å². The lowest BCUT2D eigenvalue weighted by atomic mass is 9.99. The number of nitrogens with one attached hydrogen (secondary N) is 1. The zero-order valence-corrected chi connectivity index (χ0v) is 10.7. The van der Waals surface area contributed by atoms with E-state index < -0.39 is 11.5 Å². The molecule has 2 heterocycles. The molecule has 1 saturated heterocycles. The second kappa shape index (κ2) is 4.09. The van der Waals surface area contributed by atoms with Crippen LogP contribution in [0, 0.1) is 0 Å². The number of thiophene rings is 1. The maximum atomic E-state index is 11.8. The van der Waals surface area contributed by atoms with Crippen LogP contribution in [0.1, 0.15) is 23.5 Å². The monoisotopic (exact) mass is 268 g/mol. The predicted molar refractivity (Wildman–Crippen MR) is 65.9 cm³/mol. The number of carbonyl (C=O) groups excluding carboxylic acids is 2. The lowest BCUT2D eigenvalue weighted by molar-refractivity contribution is -0.135. The van der Waals surface area contributed by atoms with Gasteiger partial charge in [0.25, 0.3) is 5.91 Å². The molecule has 2 amide bonds. The first-order chi connectivity index (χ1) is 8.32. The predicted octanol–water partition coefficient (Wildman–Crippen LogP) is 0.688. The number of hydrogen-bond donors (Lipinski definition) is 2. The van der Waals surface area contributed by atoms with Gasteiger partial charge in [0.15, 0.2) is 0 Å². The smallest absolute Gasteiger partial charge is 0.345 e. The third-order valence-electron chi connectivity index (χ3n) is 2.85. The maximum Gasteiger partial charge on any atom is 0.345 e. The van der Waals surface area contributed by atoms with Crippen molar-refractivity contribution in [1.82, 2.24) is 5.32 Å². The lowest BCUT2D eigenvalue weighted by Gasteiger charge is -2.40. The first kappa shape index (κ1) is 12.6. The van der Waals surface area contributed by atoms with Crippen LogP contribution >= 0.6 is 11.3 Å². The van der Waals surface area contributed by atoms with Crippen molar-refractivity contribution in [1.29, 1.82) is 0 Å². The summed E-state index contributed by atoms with van der Waals surface area (Å²) in [5.74, 6) is -1.79. The van der Waals surface area contributed by atoms with E-state index in [2.05, 4.69) is 5.32 Å². The minimum atomic E-state index is -1.02. The minimum absolute atomic E-state index is 0.0400. The van der Waals surface area contributed by atoms with E-state index in [0.717, 1.165) is 11.3 Å². The van der Waals surface area contributed by atoms with E-state index in [1.54, 1.807) is 24.8 Å². The van der Waals surface area contributed by atoms with Gasteiger partial charge in [-0.15, -0.1) is 11.3 Å². The van der Waals surface area contributed by atoms with Crippen molar-refractivity contribution in [3.05, 3.63) is 17.0 Å². The molecule has 0 bridgehead atoms. The highest BCUT2D eigenvalue weighted by Gasteiger charge is 2.41. The number of nitrogens with zero attached hydrogens (tertiary/aromatic N) is 1. The van der Waals surface area contributed by atoms with E-state index >= 15 is 0 Å². The van der Waals surface area contributed by atoms with E-state index in [9.17, 15) is 14.4 Å². The van der Waals surface area contributed by atoms with Crippen LogP contribution in [0.5, 0.6) is 0 Å². The molecule has 0 spiro atoms. The molecule has 2 N–H and O–H groups in total. The largest absolute Gasteiger partial charge is 0.477 e. The second-order valence-electron chi connectivity index (χ2n) is 4.47. The molecule has 6 nitrogen and oxygen atoms in total. The van der Waals surface area contributed by atoms with Gasteiger partial charge in [-0.25, -0.2) is 4.79 Å². The Hall–Kier alpha value is -1.89. The van der Waals surface area contributed by atoms with Gasteiger partial charge >= 0.3 is 5.97 Å². The van der Waals surface area contributed by atoms with E-state index in [4.69, 9.17) is 5.11 Å². The van der Waals surface area contributed by atoms with Gasteiger partial charge in [0, 0.05) is 0 Å². The number of anilines is 1. The summed E-state index contributed by atoms with van der Waals surface area (Å²) in [6, 6.07) is 3.08. The van der Waals surface area contributed by atoms with Crippen molar-refractivity contribution in [2.75, 3.05) is 11.4 Å². The van der Waals surface area contributed by atoms with Crippen LogP contribution in [0.3, 0.4) is 0 Å². The number of carboxylic acids is 1. The van der Waals surface area contributed by atoms with Crippen molar-refractivity contribution in [3.8, 4) is 0 Å². The summed E-state index contributed by atoms with van der Waals surface area (Å²) in [6.45, 7) is 3.42. The molecular formula is C11H12N2O4S. The van der Waals surface area contributed by atoms with Gasteiger partial charge < -0.3 is 10.0 Å². The Balaban J connectivity index is 2.37. The Labute approximate surface area is 107 Å². The molecule has 1 aliphatic rings. The van der Waals surface area contributed by atoms with E-state index in [1.807, 2.05) is 0 Å². The molecule has 1 aliphatic heterocycles. The van der Waals surface area contributed by atoms with Crippen LogP contribution in [0.2, 0.25) is 0 Å². The third-order valence-corrected chi connectivity index (χ3v) is 3.95. The zero-order valence-electron chi connectivity index (χ0n) is 9.89. The summed E-state index contributed by atoms with van der Waals surface area (Å²) in [6.07, 6.45) is 0. The number of carbonyl (C=O) groups is 3. The number of amides is 2. The summed E-state index contributed by atoms with van der Waals surface area (Å²) >= 11 is 1.05. The highest BCUT2D eigenvalue weighted by molar-refractivity contribution is 7.17. The molecule has 0 aliphatic carbocycles. The van der Waals surface area contributed by atoms with Crippen LogP contribution in [0.15, 0.2) is 12.1 Å². The number of piperazine rings is 1. The molecule has 0 aromatic carbocycles. The molecular weight excluding hydrogens is 256 g/mol. The number of aromatic carboxylic acids is 1. The Morgan fingerprint density at radius 1 is 1.44 bits per heavy atom. The van der Waals surface area contributed by atoms with Crippen molar-refractivity contribution >= 4 is 34.1 Å². The summed E-state index contributed by atoms with van der Waals surface area (Å²) in [4.78, 5) is 35.8. The third kappa shape index (κ3) is 1.97. The molecule has 96 valence electrons. The van der Waals surface area contributed by atoms with Crippen LogP contribution in [-0.4, -0.2) is 35.0 Å². The standard InChI is InChI=1S/C11H12N2O4S/c1-11(2)10(17)12-7(14)5-13(11)8-4-3-6(18-8)9(15)16/h3-4H,5H2,1-2H3,(H,15,16)(H,12,14,17). The summed E-state index contributed by atoms with van der Waals surface area (Å²) in [5.41, 5.74) is -0.880. The Morgan fingerprint density at radius 2 is 2.11 bits per heavy atom. The van der Waals surface area contributed by atoms with E-state index in [1.165, 1.54) is 6.07 Å². The molecule has 0 unspecified atom stereocenters. The Morgan fingerprint density at radius 3 is 2.67 bits per heavy atom. The molecule has 0 saturated carbocycles. The molecule has 18 heavy (non-hydrogen) atoms. The quantitative estimate of drug-likeness (QED) is 0.770. The van der Waals surface area contributed by atoms with Gasteiger partial charge in [-0.2, -0.15) is 0 Å². The normalized spacial score (nSPS) is 18.7. The van der Waals surface area contributed by atoms with Gasteiger partial charge in [0.1, 0.15) is 10.4 Å². The van der Waals surface area contributed by atoms with Crippen molar-refractivity contribution in [2.45, 2.75) is 19.4 Å². The van der Waals surface area contributed by atoms with Gasteiger partial charge in [-0.3, -0.25) is 14.9 Å². The summed E-state index contributed by atoms with van der Waals surface area (Å²) in [5, 5.41) is 11.7. The van der Waals surface area contributed by atoms with Gasteiger partial charge in [0.2, 0.25) is 5.91 Å². The van der Waals surface area contributed by atoms with Crippen molar-refractivity contribution < 1.29 is 19.5 Å². The Bertz CT molecular complexity index is 535. The average Bonchev–Trinajstić information content (AvgIpc) is 2.72. The van der Waals surface area contributed by atoms with Gasteiger partial charge in [0.05, 0.1) is 11.5 Å². The van der Waals surface area contributed by atoms with Gasteiger partial charge in [-0.05, 0) is 26.0 Å². The summed E-state index contributed by atoms with van der Waals surface area (Å²) in [7, 11) is 0. The van der Waals surface area contributed by atoms with Crippen LogP contribution < -0.4 is 10.2 Å². The van der Waals surface area contributed by atoms with Crippen molar-refractivity contribution in [2.24, 2.45) is 0 Å². The Kier molecular flexibility index (Phi) is 2.86. The number of hydrogen-bond acceptors (Lipinski definition) is 5. The number of rotatable bonds is 2. The molecule has 1 aromatic rings. The second-order valence-corrected chi connectivity index (χ2v) is 5.53. The average molecular weight is 268 g/mol. The molecule has 0 atom stereocenters. The summed E-state index contributed by atoms with van der Waals surface area (Å²) < 4.78 is 0. The highest BCUT2D eigenvalue weighted by atomic mass is 32.1. The fraction of sp³-hybridized carbons (Fsp3) is 0.364. The van der Waals surface area contributed by atoms with Crippen LogP contribution in [0.25, 0.3) is 0 Å². The SMILES string of the molecule is CC1(C)C(=O)NC(=O)CN1c1ccc(C(=O)O)s1. The van der Waals surface area contributed by atoms with E-state index in [-0.39, 0.29) is 23.2 Å². The molecule has 1 aromatic heterocycles. The minimum Gasteiger partial charge on any atom is -0.477 e. The fourth-order valence-electron chi connectivity index (χ4n) is 1.72. The zero-order chi connectivity index (χ0) is 13.5. The lowest BCUT2D eigenvalue weighted by Crippen LogP contribution is -2.64. The fourth-order valence-corrected chi connectivity index (χ4v) is 2.71. The van der Waals surface area contributed by atoms with E-state index in [0.29, 0.717) is 5.00 Å². The highest BCUT2D eigenvalue weighted by Crippen LogP contribution is 2.32. The van der Waals surface area contributed by atoms with Crippen LogP contribution in [0.4, 0.5) is 5.00 Å². The first-order valence-electron chi connectivity index (χ1n) is 5.27. The topological polar surface area (TPSA) is 86.7 Å². The van der Waals surface area contributed by atoms with Crippen LogP contribution in [-0.2, 0) is 9.59 Å². The molecule has 0 radical (unpaired) electrons. The number of carboxylic acid groups (broad SMARTS) is 1. The maximum absolute atomic E-state index is 11.8.